The molecule has 0 saturated carbocycles. The smallest absolute Gasteiger partial charge is 0.316 e. The molecule has 24 heavy (non-hydrogen) atoms. The van der Waals surface area contributed by atoms with E-state index >= 15 is 0 Å². The molecule has 0 bridgehead atoms. The van der Waals surface area contributed by atoms with Crippen LogP contribution in [0.3, 0.4) is 0 Å². The SMILES string of the molecule is O=C(Nc1ccc([N+](=O)[O-])cc1)C(=O)N1CCCc2ccccc21. The average molecular weight is 325 g/mol. The molecule has 122 valence electrons. The molecule has 0 radical (unpaired) electrons. The molecular weight excluding hydrogens is 310 g/mol. The van der Waals surface area contributed by atoms with Crippen LogP contribution in [0.15, 0.2) is 48.5 Å². The second-order valence-corrected chi connectivity index (χ2v) is 5.45. The van der Waals surface area contributed by atoms with E-state index in [4.69, 9.17) is 0 Å². The second-order valence-electron chi connectivity index (χ2n) is 5.45. The van der Waals surface area contributed by atoms with E-state index in [-0.39, 0.29) is 5.69 Å². The number of amides is 2. The van der Waals surface area contributed by atoms with Crippen LogP contribution in [0.1, 0.15) is 12.0 Å². The predicted molar refractivity (Wildman–Crippen MR) is 88.8 cm³/mol. The van der Waals surface area contributed by atoms with Crippen LogP contribution in [-0.4, -0.2) is 23.3 Å². The lowest BCUT2D eigenvalue weighted by Crippen LogP contribution is -2.42. The van der Waals surface area contributed by atoms with E-state index in [9.17, 15) is 19.7 Å². The molecule has 0 atom stereocenters. The number of para-hydroxylation sites is 1. The first kappa shape index (κ1) is 15.7. The van der Waals surface area contributed by atoms with E-state index in [0.29, 0.717) is 12.2 Å². The van der Waals surface area contributed by atoms with Crippen LogP contribution in [0.4, 0.5) is 17.1 Å². The molecule has 0 saturated heterocycles. The highest BCUT2D eigenvalue weighted by Crippen LogP contribution is 2.27. The number of nitrogens with one attached hydrogen (secondary N) is 1. The van der Waals surface area contributed by atoms with Crippen molar-refractivity contribution in [3.05, 3.63) is 64.2 Å². The standard InChI is InChI=1S/C17H15N3O4/c21-16(18-13-7-9-14(10-8-13)20(23)24)17(22)19-11-3-5-12-4-1-2-6-15(12)19/h1-2,4,6-10H,3,5,11H2,(H,18,21). The van der Waals surface area contributed by atoms with Crippen LogP contribution >= 0.6 is 0 Å². The van der Waals surface area contributed by atoms with Crippen molar-refractivity contribution in [2.75, 3.05) is 16.8 Å². The molecule has 7 nitrogen and oxygen atoms in total. The van der Waals surface area contributed by atoms with Crippen LogP contribution in [0, 0.1) is 10.1 Å². The summed E-state index contributed by atoms with van der Waals surface area (Å²) in [6, 6.07) is 12.9. The number of hydrogen-bond acceptors (Lipinski definition) is 4. The van der Waals surface area contributed by atoms with Gasteiger partial charge >= 0.3 is 11.8 Å². The normalized spacial score (nSPS) is 13.1. The van der Waals surface area contributed by atoms with Gasteiger partial charge in [-0.2, -0.15) is 0 Å². The van der Waals surface area contributed by atoms with Crippen LogP contribution in [0.25, 0.3) is 0 Å². The highest BCUT2D eigenvalue weighted by Gasteiger charge is 2.27. The minimum absolute atomic E-state index is 0.0794. The summed E-state index contributed by atoms with van der Waals surface area (Å²) in [5.74, 6) is -1.40. The zero-order chi connectivity index (χ0) is 17.1. The zero-order valence-corrected chi connectivity index (χ0v) is 12.8. The van der Waals surface area contributed by atoms with Gasteiger partial charge in [-0.25, -0.2) is 0 Å². The first-order valence-corrected chi connectivity index (χ1v) is 7.51. The van der Waals surface area contributed by atoms with Gasteiger partial charge in [-0.15, -0.1) is 0 Å². The molecule has 2 aromatic carbocycles. The van der Waals surface area contributed by atoms with Crippen molar-refractivity contribution in [1.82, 2.24) is 0 Å². The first-order valence-electron chi connectivity index (χ1n) is 7.51. The minimum Gasteiger partial charge on any atom is -0.318 e. The molecule has 0 spiro atoms. The van der Waals surface area contributed by atoms with E-state index in [0.717, 1.165) is 24.1 Å². The van der Waals surface area contributed by atoms with Gasteiger partial charge < -0.3 is 10.2 Å². The first-order chi connectivity index (χ1) is 11.6. The molecule has 3 rings (SSSR count). The average Bonchev–Trinajstić information content (AvgIpc) is 2.61. The molecule has 1 heterocycles. The van der Waals surface area contributed by atoms with Gasteiger partial charge in [0.1, 0.15) is 0 Å². The lowest BCUT2D eigenvalue weighted by molar-refractivity contribution is -0.384. The van der Waals surface area contributed by atoms with Crippen LogP contribution in [0.5, 0.6) is 0 Å². The second kappa shape index (κ2) is 6.49. The quantitative estimate of drug-likeness (QED) is 0.521. The molecule has 1 aliphatic rings. The maximum Gasteiger partial charge on any atom is 0.316 e. The molecule has 7 heteroatoms. The van der Waals surface area contributed by atoms with Crippen molar-refractivity contribution in [2.24, 2.45) is 0 Å². The number of nitro groups is 1. The van der Waals surface area contributed by atoms with Gasteiger partial charge in [0.15, 0.2) is 0 Å². The fourth-order valence-corrected chi connectivity index (χ4v) is 2.72. The van der Waals surface area contributed by atoms with Gasteiger partial charge in [0.05, 0.1) is 4.92 Å². The molecule has 1 N–H and O–H groups in total. The summed E-state index contributed by atoms with van der Waals surface area (Å²) >= 11 is 0. The Kier molecular flexibility index (Phi) is 4.24. The number of fused-ring (bicyclic) bond motifs is 1. The van der Waals surface area contributed by atoms with Crippen molar-refractivity contribution in [3.63, 3.8) is 0 Å². The molecule has 2 aromatic rings. The number of aryl methyl sites for hydroxylation is 1. The predicted octanol–water partition coefficient (Wildman–Crippen LogP) is 2.51. The Morgan fingerprint density at radius 3 is 2.50 bits per heavy atom. The Hall–Kier alpha value is -3.22. The third-order valence-corrected chi connectivity index (χ3v) is 3.89. The van der Waals surface area contributed by atoms with Gasteiger partial charge in [0.2, 0.25) is 0 Å². The zero-order valence-electron chi connectivity index (χ0n) is 12.8. The number of anilines is 2. The van der Waals surface area contributed by atoms with Gasteiger partial charge in [0, 0.05) is 30.1 Å². The molecule has 0 unspecified atom stereocenters. The molecule has 0 fully saturated rings. The Bertz CT molecular complexity index is 802. The van der Waals surface area contributed by atoms with Crippen molar-refractivity contribution >= 4 is 28.9 Å². The number of nitrogens with zero attached hydrogens (tertiary/aromatic N) is 2. The number of carbonyl (C=O) groups excluding carboxylic acids is 2. The third-order valence-electron chi connectivity index (χ3n) is 3.89. The summed E-state index contributed by atoms with van der Waals surface area (Å²) in [5.41, 5.74) is 2.06. The van der Waals surface area contributed by atoms with Gasteiger partial charge in [-0.1, -0.05) is 18.2 Å². The van der Waals surface area contributed by atoms with Gasteiger partial charge in [0.25, 0.3) is 5.69 Å². The molecule has 1 aliphatic heterocycles. The monoisotopic (exact) mass is 325 g/mol. The lowest BCUT2D eigenvalue weighted by Gasteiger charge is -2.28. The maximum atomic E-state index is 12.4. The van der Waals surface area contributed by atoms with Crippen molar-refractivity contribution in [1.29, 1.82) is 0 Å². The highest BCUT2D eigenvalue weighted by molar-refractivity contribution is 6.44. The number of benzene rings is 2. The van der Waals surface area contributed by atoms with E-state index < -0.39 is 16.7 Å². The number of nitro benzene ring substituents is 1. The number of non-ortho nitro benzene ring substituents is 1. The summed E-state index contributed by atoms with van der Waals surface area (Å²) in [5, 5.41) is 13.1. The number of carbonyl (C=O) groups is 2. The summed E-state index contributed by atoms with van der Waals surface area (Å²) in [6.45, 7) is 0.490. The number of rotatable bonds is 2. The van der Waals surface area contributed by atoms with E-state index in [1.807, 2.05) is 24.3 Å². The van der Waals surface area contributed by atoms with Gasteiger partial charge in [-0.3, -0.25) is 19.7 Å². The van der Waals surface area contributed by atoms with Crippen LogP contribution < -0.4 is 10.2 Å². The Morgan fingerprint density at radius 1 is 1.08 bits per heavy atom. The largest absolute Gasteiger partial charge is 0.318 e. The highest BCUT2D eigenvalue weighted by atomic mass is 16.6. The third kappa shape index (κ3) is 3.10. The Balaban J connectivity index is 1.74. The fraction of sp³-hybridized carbons (Fsp3) is 0.176. The van der Waals surface area contributed by atoms with Gasteiger partial charge in [-0.05, 0) is 36.6 Å². The van der Waals surface area contributed by atoms with E-state index in [2.05, 4.69) is 5.32 Å². The Labute approximate surface area is 138 Å². The molecule has 0 aromatic heterocycles. The summed E-state index contributed by atoms with van der Waals surface area (Å²) < 4.78 is 0. The van der Waals surface area contributed by atoms with E-state index in [1.54, 1.807) is 0 Å². The maximum absolute atomic E-state index is 12.4. The summed E-state index contributed by atoms with van der Waals surface area (Å²) in [7, 11) is 0. The molecular formula is C17H15N3O4. The minimum atomic E-state index is -0.763. The lowest BCUT2D eigenvalue weighted by atomic mass is 10.0. The topological polar surface area (TPSA) is 92.5 Å². The van der Waals surface area contributed by atoms with Crippen molar-refractivity contribution in [2.45, 2.75) is 12.8 Å². The van der Waals surface area contributed by atoms with E-state index in [1.165, 1.54) is 29.2 Å². The number of hydrogen-bond donors (Lipinski definition) is 1. The fourth-order valence-electron chi connectivity index (χ4n) is 2.72. The van der Waals surface area contributed by atoms with Crippen LogP contribution in [0.2, 0.25) is 0 Å². The molecule has 2 amide bonds. The summed E-state index contributed by atoms with van der Waals surface area (Å²) in [4.78, 5) is 36.2. The summed E-state index contributed by atoms with van der Waals surface area (Å²) in [6.07, 6.45) is 1.68. The van der Waals surface area contributed by atoms with Crippen LogP contribution in [-0.2, 0) is 16.0 Å². The van der Waals surface area contributed by atoms with Crippen molar-refractivity contribution < 1.29 is 14.5 Å². The molecule has 0 aliphatic carbocycles. The van der Waals surface area contributed by atoms with Crippen molar-refractivity contribution in [3.8, 4) is 0 Å². The Morgan fingerprint density at radius 2 is 1.79 bits per heavy atom.